The number of nitrogens with one attached hydrogen (secondary N) is 1. The highest BCUT2D eigenvalue weighted by atomic mass is 79.9. The van der Waals surface area contributed by atoms with E-state index in [9.17, 15) is 9.00 Å². The van der Waals surface area contributed by atoms with Gasteiger partial charge in [0.05, 0.1) is 10.5 Å². The number of carbonyl (C=O) groups excluding carboxylic acids is 1. The Morgan fingerprint density at radius 2 is 2.21 bits per heavy atom. The van der Waals surface area contributed by atoms with Gasteiger partial charge in [-0.15, -0.1) is 0 Å². The minimum atomic E-state index is -2.15. The minimum absolute atomic E-state index is 0.104. The van der Waals surface area contributed by atoms with Crippen LogP contribution in [0.2, 0.25) is 0 Å². The molecule has 2 N–H and O–H groups in total. The van der Waals surface area contributed by atoms with E-state index >= 15 is 0 Å². The molecule has 0 aliphatic carbocycles. The third-order valence-corrected chi connectivity index (χ3v) is 2.83. The van der Waals surface area contributed by atoms with E-state index in [4.69, 9.17) is 4.55 Å². The standard InChI is InChI=1S/C8H8BrNO3S/c1-10-8(11)6-4-5(9)2-3-7(6)14(12)13/h2-4H,1H3,(H,10,11)(H,12,13). The molecule has 14 heavy (non-hydrogen) atoms. The van der Waals surface area contributed by atoms with Crippen LogP contribution in [0.3, 0.4) is 0 Å². The smallest absolute Gasteiger partial charge is 0.252 e. The van der Waals surface area contributed by atoms with Crippen LogP contribution in [0.15, 0.2) is 27.6 Å². The number of hydrogen-bond donors (Lipinski definition) is 2. The zero-order valence-corrected chi connectivity index (χ0v) is 9.68. The number of amides is 1. The fourth-order valence-electron chi connectivity index (χ4n) is 0.967. The lowest BCUT2D eigenvalue weighted by Gasteiger charge is -2.04. The molecule has 0 radical (unpaired) electrons. The van der Waals surface area contributed by atoms with Crippen LogP contribution in [0.1, 0.15) is 10.4 Å². The third kappa shape index (κ3) is 2.40. The zero-order valence-electron chi connectivity index (χ0n) is 7.28. The van der Waals surface area contributed by atoms with Crippen molar-refractivity contribution in [1.82, 2.24) is 5.32 Å². The van der Waals surface area contributed by atoms with Crippen LogP contribution < -0.4 is 5.32 Å². The molecule has 4 nitrogen and oxygen atoms in total. The molecular weight excluding hydrogens is 270 g/mol. The SMILES string of the molecule is CNC(=O)c1cc(Br)ccc1S(=O)O. The van der Waals surface area contributed by atoms with Crippen LogP contribution in [0, 0.1) is 0 Å². The normalized spacial score (nSPS) is 12.2. The summed E-state index contributed by atoms with van der Waals surface area (Å²) in [5.74, 6) is -0.385. The monoisotopic (exact) mass is 277 g/mol. The van der Waals surface area contributed by atoms with E-state index in [1.54, 1.807) is 6.07 Å². The molecule has 0 fully saturated rings. The van der Waals surface area contributed by atoms with E-state index in [-0.39, 0.29) is 16.4 Å². The first-order valence-electron chi connectivity index (χ1n) is 3.68. The van der Waals surface area contributed by atoms with Gasteiger partial charge < -0.3 is 9.87 Å². The molecule has 1 aromatic carbocycles. The molecule has 1 unspecified atom stereocenters. The molecule has 0 bridgehead atoms. The van der Waals surface area contributed by atoms with Crippen molar-refractivity contribution in [3.05, 3.63) is 28.2 Å². The summed E-state index contributed by atoms with van der Waals surface area (Å²) < 4.78 is 20.5. The van der Waals surface area contributed by atoms with E-state index in [1.807, 2.05) is 0 Å². The van der Waals surface area contributed by atoms with Crippen molar-refractivity contribution in [3.63, 3.8) is 0 Å². The summed E-state index contributed by atoms with van der Waals surface area (Å²) in [6, 6.07) is 4.54. The topological polar surface area (TPSA) is 66.4 Å². The Morgan fingerprint density at radius 1 is 1.57 bits per heavy atom. The highest BCUT2D eigenvalue weighted by Gasteiger charge is 2.13. The Balaban J connectivity index is 3.29. The van der Waals surface area contributed by atoms with Crippen LogP contribution >= 0.6 is 15.9 Å². The van der Waals surface area contributed by atoms with Crippen LogP contribution in [0.25, 0.3) is 0 Å². The summed E-state index contributed by atoms with van der Waals surface area (Å²) in [6.45, 7) is 0. The van der Waals surface area contributed by atoms with Gasteiger partial charge in [-0.3, -0.25) is 4.79 Å². The van der Waals surface area contributed by atoms with E-state index in [1.165, 1.54) is 19.2 Å². The van der Waals surface area contributed by atoms with Crippen molar-refractivity contribution >= 4 is 32.9 Å². The zero-order chi connectivity index (χ0) is 10.7. The lowest BCUT2D eigenvalue weighted by Crippen LogP contribution is -2.19. The molecule has 0 saturated heterocycles. The maximum Gasteiger partial charge on any atom is 0.252 e. The molecule has 6 heteroatoms. The van der Waals surface area contributed by atoms with Gasteiger partial charge in [0.25, 0.3) is 5.91 Å². The number of benzene rings is 1. The predicted octanol–water partition coefficient (Wildman–Crippen LogP) is 1.39. The Kier molecular flexibility index (Phi) is 3.79. The molecule has 1 atom stereocenters. The first-order valence-corrected chi connectivity index (χ1v) is 5.58. The number of hydrogen-bond acceptors (Lipinski definition) is 2. The Morgan fingerprint density at radius 3 is 2.71 bits per heavy atom. The van der Waals surface area contributed by atoms with E-state index in [2.05, 4.69) is 21.2 Å². The average Bonchev–Trinajstić information content (AvgIpc) is 2.16. The van der Waals surface area contributed by atoms with Crippen LogP contribution in [0.4, 0.5) is 0 Å². The van der Waals surface area contributed by atoms with Crippen LogP contribution in [0.5, 0.6) is 0 Å². The molecule has 0 saturated carbocycles. The first kappa shape index (κ1) is 11.4. The molecule has 0 aliphatic heterocycles. The molecule has 0 aliphatic rings. The van der Waals surface area contributed by atoms with Crippen molar-refractivity contribution < 1.29 is 13.6 Å². The highest BCUT2D eigenvalue weighted by Crippen LogP contribution is 2.18. The molecular formula is C8H8BrNO3S. The van der Waals surface area contributed by atoms with Crippen LogP contribution in [-0.4, -0.2) is 21.7 Å². The van der Waals surface area contributed by atoms with Crippen LogP contribution in [-0.2, 0) is 11.1 Å². The summed E-state index contributed by atoms with van der Waals surface area (Å²) in [5, 5.41) is 2.40. The Labute approximate surface area is 92.1 Å². The number of rotatable bonds is 2. The molecule has 0 heterocycles. The fraction of sp³-hybridized carbons (Fsp3) is 0.125. The maximum absolute atomic E-state index is 11.3. The third-order valence-electron chi connectivity index (χ3n) is 1.60. The summed E-state index contributed by atoms with van der Waals surface area (Å²) >= 11 is 1.03. The van der Waals surface area contributed by atoms with Gasteiger partial charge in [0.15, 0.2) is 11.1 Å². The summed E-state index contributed by atoms with van der Waals surface area (Å²) in [6.07, 6.45) is 0. The molecule has 0 aromatic heterocycles. The van der Waals surface area contributed by atoms with E-state index in [0.717, 1.165) is 0 Å². The quantitative estimate of drug-likeness (QED) is 0.803. The first-order chi connectivity index (χ1) is 6.56. The van der Waals surface area contributed by atoms with Gasteiger partial charge >= 0.3 is 0 Å². The van der Waals surface area contributed by atoms with E-state index < -0.39 is 11.1 Å². The lowest BCUT2D eigenvalue weighted by atomic mass is 10.2. The average molecular weight is 278 g/mol. The fourth-order valence-corrected chi connectivity index (χ4v) is 1.85. The second-order valence-electron chi connectivity index (χ2n) is 2.47. The molecule has 1 amide bonds. The van der Waals surface area contributed by atoms with Crippen molar-refractivity contribution in [3.8, 4) is 0 Å². The summed E-state index contributed by atoms with van der Waals surface area (Å²) in [7, 11) is 1.47. The van der Waals surface area contributed by atoms with Gasteiger partial charge in [0, 0.05) is 11.5 Å². The van der Waals surface area contributed by atoms with Gasteiger partial charge in [-0.2, -0.15) is 0 Å². The summed E-state index contributed by atoms with van der Waals surface area (Å²) in [4.78, 5) is 11.4. The number of halogens is 1. The van der Waals surface area contributed by atoms with Gasteiger partial charge in [-0.25, -0.2) is 4.21 Å². The highest BCUT2D eigenvalue weighted by molar-refractivity contribution is 9.10. The van der Waals surface area contributed by atoms with Crippen molar-refractivity contribution in [2.24, 2.45) is 0 Å². The predicted molar refractivity (Wildman–Crippen MR) is 56.6 cm³/mol. The van der Waals surface area contributed by atoms with Crippen molar-refractivity contribution in [2.75, 3.05) is 7.05 Å². The second kappa shape index (κ2) is 4.68. The van der Waals surface area contributed by atoms with Gasteiger partial charge in [0.1, 0.15) is 0 Å². The summed E-state index contributed by atoms with van der Waals surface area (Å²) in [5.41, 5.74) is 0.197. The molecule has 1 aromatic rings. The van der Waals surface area contributed by atoms with Gasteiger partial charge in [-0.05, 0) is 18.2 Å². The van der Waals surface area contributed by atoms with Gasteiger partial charge in [-0.1, -0.05) is 15.9 Å². The molecule has 76 valence electrons. The van der Waals surface area contributed by atoms with Crippen molar-refractivity contribution in [2.45, 2.75) is 4.90 Å². The minimum Gasteiger partial charge on any atom is -0.355 e. The number of carbonyl (C=O) groups is 1. The molecule has 1 rings (SSSR count). The molecule has 0 spiro atoms. The lowest BCUT2D eigenvalue weighted by molar-refractivity contribution is 0.0959. The second-order valence-corrected chi connectivity index (χ2v) is 4.32. The van der Waals surface area contributed by atoms with E-state index in [0.29, 0.717) is 4.47 Å². The van der Waals surface area contributed by atoms with Gasteiger partial charge in [0.2, 0.25) is 0 Å². The Hall–Kier alpha value is -0.720. The largest absolute Gasteiger partial charge is 0.355 e. The van der Waals surface area contributed by atoms with Crippen molar-refractivity contribution in [1.29, 1.82) is 0 Å². The Bertz CT molecular complexity index is 394. The maximum atomic E-state index is 11.3.